The van der Waals surface area contributed by atoms with Gasteiger partial charge in [-0.25, -0.2) is 4.98 Å². The monoisotopic (exact) mass is 308 g/mol. The number of carboxylic acid groups (broad SMARTS) is 1. The van der Waals surface area contributed by atoms with E-state index in [0.717, 1.165) is 23.3 Å². The van der Waals surface area contributed by atoms with Crippen molar-refractivity contribution in [1.29, 1.82) is 0 Å². The van der Waals surface area contributed by atoms with Crippen molar-refractivity contribution in [2.75, 3.05) is 0 Å². The second-order valence-electron chi connectivity index (χ2n) is 6.33. The number of aliphatic carboxylic acids is 1. The van der Waals surface area contributed by atoms with Gasteiger partial charge in [-0.1, -0.05) is 6.92 Å². The Kier molecular flexibility index (Phi) is 3.97. The van der Waals surface area contributed by atoms with Gasteiger partial charge in [0.05, 0.1) is 18.7 Å². The van der Waals surface area contributed by atoms with Crippen LogP contribution in [0.2, 0.25) is 0 Å². The number of thiazole rings is 1. The molecule has 0 bridgehead atoms. The molecule has 0 radical (unpaired) electrons. The molecule has 0 aromatic carbocycles. The van der Waals surface area contributed by atoms with Crippen LogP contribution in [0.5, 0.6) is 0 Å². The quantitative estimate of drug-likeness (QED) is 0.872. The standard InChI is InChI=1S/C15H20N2O3S/c1-8-2-9-3-10(9)4-12(8)15(20)16-6-13-17-11(7-21-13)5-14(18)19/h7-10,12H,2-6H2,1H3,(H,16,20)(H,18,19). The zero-order valence-electron chi connectivity index (χ0n) is 12.0. The van der Waals surface area contributed by atoms with Gasteiger partial charge in [0, 0.05) is 11.3 Å². The summed E-state index contributed by atoms with van der Waals surface area (Å²) >= 11 is 1.40. The number of hydrogen-bond donors (Lipinski definition) is 2. The van der Waals surface area contributed by atoms with E-state index in [1.165, 1.54) is 24.2 Å². The molecule has 4 atom stereocenters. The van der Waals surface area contributed by atoms with Gasteiger partial charge in [0.15, 0.2) is 0 Å². The predicted molar refractivity (Wildman–Crippen MR) is 78.8 cm³/mol. The topological polar surface area (TPSA) is 79.3 Å². The summed E-state index contributed by atoms with van der Waals surface area (Å²) in [6.07, 6.45) is 3.45. The lowest BCUT2D eigenvalue weighted by Gasteiger charge is -2.27. The van der Waals surface area contributed by atoms with Crippen molar-refractivity contribution < 1.29 is 14.7 Å². The molecule has 0 aliphatic heterocycles. The molecule has 2 N–H and O–H groups in total. The molecule has 2 aliphatic carbocycles. The zero-order valence-corrected chi connectivity index (χ0v) is 12.9. The van der Waals surface area contributed by atoms with Gasteiger partial charge >= 0.3 is 5.97 Å². The molecule has 21 heavy (non-hydrogen) atoms. The first-order valence-corrected chi connectivity index (χ1v) is 8.33. The lowest BCUT2D eigenvalue weighted by molar-refractivity contribution is -0.136. The summed E-state index contributed by atoms with van der Waals surface area (Å²) in [7, 11) is 0. The van der Waals surface area contributed by atoms with Gasteiger partial charge in [-0.2, -0.15) is 0 Å². The first-order valence-electron chi connectivity index (χ1n) is 7.45. The van der Waals surface area contributed by atoms with Gasteiger partial charge in [-0.15, -0.1) is 11.3 Å². The third kappa shape index (κ3) is 3.43. The predicted octanol–water partition coefficient (Wildman–Crippen LogP) is 2.07. The van der Waals surface area contributed by atoms with Gasteiger partial charge in [-0.05, 0) is 37.0 Å². The second kappa shape index (κ2) is 5.75. The van der Waals surface area contributed by atoms with E-state index in [1.807, 2.05) is 0 Å². The molecular formula is C15H20N2O3S. The van der Waals surface area contributed by atoms with Crippen LogP contribution in [0.4, 0.5) is 0 Å². The number of aromatic nitrogens is 1. The van der Waals surface area contributed by atoms with Crippen molar-refractivity contribution in [3.63, 3.8) is 0 Å². The molecule has 6 heteroatoms. The number of rotatable bonds is 5. The summed E-state index contributed by atoms with van der Waals surface area (Å²) < 4.78 is 0. The normalized spacial score (nSPS) is 30.5. The molecule has 2 saturated carbocycles. The van der Waals surface area contributed by atoms with E-state index in [2.05, 4.69) is 17.2 Å². The van der Waals surface area contributed by atoms with E-state index >= 15 is 0 Å². The van der Waals surface area contributed by atoms with Crippen LogP contribution in [0, 0.1) is 23.7 Å². The van der Waals surface area contributed by atoms with E-state index in [1.54, 1.807) is 5.38 Å². The Morgan fingerprint density at radius 2 is 2.14 bits per heavy atom. The molecule has 114 valence electrons. The highest BCUT2D eigenvalue weighted by atomic mass is 32.1. The molecular weight excluding hydrogens is 288 g/mol. The SMILES string of the molecule is CC1CC2CC2CC1C(=O)NCc1nc(CC(=O)O)cs1. The van der Waals surface area contributed by atoms with Crippen LogP contribution in [0.1, 0.15) is 36.9 Å². The summed E-state index contributed by atoms with van der Waals surface area (Å²) in [4.78, 5) is 27.2. The third-order valence-electron chi connectivity index (χ3n) is 4.67. The van der Waals surface area contributed by atoms with Crippen LogP contribution in [-0.2, 0) is 22.6 Å². The summed E-state index contributed by atoms with van der Waals surface area (Å²) in [6, 6.07) is 0. The zero-order chi connectivity index (χ0) is 15.0. The van der Waals surface area contributed by atoms with Crippen LogP contribution >= 0.6 is 11.3 Å². The number of nitrogens with one attached hydrogen (secondary N) is 1. The van der Waals surface area contributed by atoms with Crippen LogP contribution in [0.3, 0.4) is 0 Å². The molecule has 0 spiro atoms. The molecule has 0 saturated heterocycles. The average Bonchev–Trinajstić information content (AvgIpc) is 3.03. The molecule has 1 aromatic rings. The summed E-state index contributed by atoms with van der Waals surface area (Å²) in [5, 5.41) is 14.2. The highest BCUT2D eigenvalue weighted by molar-refractivity contribution is 7.09. The first-order chi connectivity index (χ1) is 10.0. The number of amides is 1. The summed E-state index contributed by atoms with van der Waals surface area (Å²) in [5.41, 5.74) is 0.559. The fraction of sp³-hybridized carbons (Fsp3) is 0.667. The van der Waals surface area contributed by atoms with Crippen molar-refractivity contribution in [1.82, 2.24) is 10.3 Å². The number of carboxylic acids is 1. The number of fused-ring (bicyclic) bond motifs is 1. The maximum Gasteiger partial charge on any atom is 0.309 e. The van der Waals surface area contributed by atoms with E-state index in [0.29, 0.717) is 18.2 Å². The van der Waals surface area contributed by atoms with Crippen LogP contribution in [0.15, 0.2) is 5.38 Å². The maximum atomic E-state index is 12.3. The van der Waals surface area contributed by atoms with E-state index in [-0.39, 0.29) is 18.2 Å². The number of carbonyl (C=O) groups excluding carboxylic acids is 1. The van der Waals surface area contributed by atoms with Crippen LogP contribution in [0.25, 0.3) is 0 Å². The minimum atomic E-state index is -0.883. The van der Waals surface area contributed by atoms with Crippen molar-refractivity contribution in [2.24, 2.45) is 23.7 Å². The van der Waals surface area contributed by atoms with Crippen molar-refractivity contribution in [3.05, 3.63) is 16.1 Å². The highest BCUT2D eigenvalue weighted by Crippen LogP contribution is 2.53. The Balaban J connectivity index is 1.51. The van der Waals surface area contributed by atoms with E-state index in [9.17, 15) is 9.59 Å². The molecule has 5 nitrogen and oxygen atoms in total. The number of carbonyl (C=O) groups is 2. The van der Waals surface area contributed by atoms with Gasteiger partial charge in [0.25, 0.3) is 0 Å². The van der Waals surface area contributed by atoms with Gasteiger partial charge < -0.3 is 10.4 Å². The van der Waals surface area contributed by atoms with Gasteiger partial charge in [0.2, 0.25) is 5.91 Å². The Morgan fingerprint density at radius 3 is 2.90 bits per heavy atom. The Hall–Kier alpha value is -1.43. The van der Waals surface area contributed by atoms with Crippen LogP contribution in [-0.4, -0.2) is 22.0 Å². The molecule has 1 amide bonds. The molecule has 2 aliphatic rings. The number of nitrogens with zero attached hydrogens (tertiary/aromatic N) is 1. The minimum absolute atomic E-state index is 0.0623. The second-order valence-corrected chi connectivity index (χ2v) is 7.27. The average molecular weight is 308 g/mol. The van der Waals surface area contributed by atoms with Crippen molar-refractivity contribution in [3.8, 4) is 0 Å². The lowest BCUT2D eigenvalue weighted by Crippen LogP contribution is -2.36. The Labute approximate surface area is 127 Å². The molecule has 1 aromatic heterocycles. The van der Waals surface area contributed by atoms with Crippen molar-refractivity contribution in [2.45, 2.75) is 39.2 Å². The highest BCUT2D eigenvalue weighted by Gasteiger charge is 2.47. The van der Waals surface area contributed by atoms with E-state index < -0.39 is 5.97 Å². The Bertz CT molecular complexity index is 557. The number of hydrogen-bond acceptors (Lipinski definition) is 4. The van der Waals surface area contributed by atoms with Crippen molar-refractivity contribution >= 4 is 23.2 Å². The van der Waals surface area contributed by atoms with Gasteiger partial charge in [0.1, 0.15) is 5.01 Å². The molecule has 4 unspecified atom stereocenters. The van der Waals surface area contributed by atoms with Crippen LogP contribution < -0.4 is 5.32 Å². The summed E-state index contributed by atoms with van der Waals surface area (Å²) in [6.45, 7) is 2.58. The maximum absolute atomic E-state index is 12.3. The third-order valence-corrected chi connectivity index (χ3v) is 5.57. The fourth-order valence-corrected chi connectivity index (χ4v) is 4.15. The molecule has 3 rings (SSSR count). The Morgan fingerprint density at radius 1 is 1.38 bits per heavy atom. The minimum Gasteiger partial charge on any atom is -0.481 e. The molecule has 1 heterocycles. The van der Waals surface area contributed by atoms with E-state index in [4.69, 9.17) is 5.11 Å². The molecule has 2 fully saturated rings. The fourth-order valence-electron chi connectivity index (χ4n) is 3.41. The summed E-state index contributed by atoms with van der Waals surface area (Å²) in [5.74, 6) is 1.49. The lowest BCUT2D eigenvalue weighted by atomic mass is 9.80. The first kappa shape index (κ1) is 14.5. The smallest absolute Gasteiger partial charge is 0.309 e. The van der Waals surface area contributed by atoms with Gasteiger partial charge in [-0.3, -0.25) is 9.59 Å². The largest absolute Gasteiger partial charge is 0.481 e.